The Kier molecular flexibility index (Phi) is 14.3. The van der Waals surface area contributed by atoms with Crippen molar-refractivity contribution in [3.63, 3.8) is 0 Å². The summed E-state index contributed by atoms with van der Waals surface area (Å²) in [6, 6.07) is 14.9. The fourth-order valence-corrected chi connectivity index (χ4v) is 4.81. The van der Waals surface area contributed by atoms with Gasteiger partial charge in [-0.25, -0.2) is 4.79 Å². The van der Waals surface area contributed by atoms with Gasteiger partial charge in [-0.15, -0.1) is 0 Å². The first-order valence-corrected chi connectivity index (χ1v) is 15.7. The number of fused-ring (bicyclic) bond motifs is 1. The third kappa shape index (κ3) is 12.7. The van der Waals surface area contributed by atoms with Gasteiger partial charge in [-0.3, -0.25) is 14.6 Å². The number of carbonyl (C=O) groups excluding carboxylic acids is 3. The molecule has 0 unspecified atom stereocenters. The summed E-state index contributed by atoms with van der Waals surface area (Å²) in [7, 11) is 0. The number of ether oxygens (including phenoxy) is 1. The lowest BCUT2D eigenvalue weighted by atomic mass is 9.90. The van der Waals surface area contributed by atoms with Crippen molar-refractivity contribution < 1.29 is 19.1 Å². The zero-order chi connectivity index (χ0) is 32.9. The van der Waals surface area contributed by atoms with Crippen molar-refractivity contribution in [1.82, 2.24) is 10.3 Å². The van der Waals surface area contributed by atoms with Crippen molar-refractivity contribution in [3.05, 3.63) is 64.8 Å². The summed E-state index contributed by atoms with van der Waals surface area (Å²) >= 11 is 0. The van der Waals surface area contributed by atoms with Crippen molar-refractivity contribution >= 4 is 28.8 Å². The quantitative estimate of drug-likeness (QED) is 0.176. The second kappa shape index (κ2) is 17.4. The Balaban J connectivity index is 0.000000860. The third-order valence-corrected chi connectivity index (χ3v) is 6.90. The fraction of sp³-hybridized carbons (Fsp3) is 0.500. The van der Waals surface area contributed by atoms with E-state index >= 15 is 0 Å². The van der Waals surface area contributed by atoms with E-state index in [1.807, 2.05) is 27.7 Å². The Morgan fingerprint density at radius 3 is 2.11 bits per heavy atom. The molecule has 1 aromatic heterocycles. The maximum absolute atomic E-state index is 12.6. The van der Waals surface area contributed by atoms with Crippen LogP contribution in [0, 0.1) is 12.8 Å². The number of nitrogens with zero attached hydrogens (tertiary/aromatic N) is 1. The maximum Gasteiger partial charge on any atom is 0.407 e. The first-order chi connectivity index (χ1) is 20.7. The molecule has 0 fully saturated rings. The third-order valence-electron chi connectivity index (χ3n) is 6.90. The Labute approximate surface area is 263 Å². The Morgan fingerprint density at radius 1 is 0.932 bits per heavy atom. The number of benzene rings is 2. The number of hydrogen-bond donors (Lipinski definition) is 3. The van der Waals surface area contributed by atoms with E-state index in [0.29, 0.717) is 25.3 Å². The van der Waals surface area contributed by atoms with Crippen LogP contribution < -0.4 is 16.8 Å². The molecule has 0 saturated carbocycles. The van der Waals surface area contributed by atoms with Crippen LogP contribution in [0.3, 0.4) is 0 Å². The predicted octanol–water partition coefficient (Wildman–Crippen LogP) is 7.29. The molecule has 0 radical (unpaired) electrons. The molecule has 0 bridgehead atoms. The van der Waals surface area contributed by atoms with E-state index in [-0.39, 0.29) is 11.8 Å². The minimum absolute atomic E-state index is 0.193. The highest BCUT2D eigenvalue weighted by atomic mass is 16.6. The highest BCUT2D eigenvalue weighted by Crippen LogP contribution is 2.35. The number of rotatable bonds is 13. The summed E-state index contributed by atoms with van der Waals surface area (Å²) in [5, 5.41) is 4.04. The van der Waals surface area contributed by atoms with Crippen LogP contribution in [0.2, 0.25) is 0 Å². The van der Waals surface area contributed by atoms with Gasteiger partial charge in [0.1, 0.15) is 5.60 Å². The largest absolute Gasteiger partial charge is 0.444 e. The second-order valence-electron chi connectivity index (χ2n) is 12.8. The van der Waals surface area contributed by atoms with Gasteiger partial charge in [-0.1, -0.05) is 63.1 Å². The number of hydrogen-bond acceptors (Lipinski definition) is 5. The first-order valence-electron chi connectivity index (χ1n) is 15.7. The average molecular weight is 605 g/mol. The molecule has 1 heterocycles. The van der Waals surface area contributed by atoms with E-state index in [1.54, 1.807) is 0 Å². The van der Waals surface area contributed by atoms with Crippen molar-refractivity contribution in [2.45, 2.75) is 112 Å². The van der Waals surface area contributed by atoms with Crippen LogP contribution in [0.25, 0.3) is 22.0 Å². The van der Waals surface area contributed by atoms with Gasteiger partial charge in [-0.05, 0) is 94.5 Å². The van der Waals surface area contributed by atoms with E-state index in [2.05, 4.69) is 68.6 Å². The molecule has 3 amide bonds. The van der Waals surface area contributed by atoms with Crippen molar-refractivity contribution in [2.24, 2.45) is 17.4 Å². The Morgan fingerprint density at radius 2 is 1.57 bits per heavy atom. The van der Waals surface area contributed by atoms with Crippen LogP contribution in [0.1, 0.15) is 102 Å². The maximum atomic E-state index is 12.6. The number of primary amides is 2. The minimum Gasteiger partial charge on any atom is -0.444 e. The molecule has 2 aromatic carbocycles. The van der Waals surface area contributed by atoms with Gasteiger partial charge in [0.2, 0.25) is 11.8 Å². The highest BCUT2D eigenvalue weighted by Gasteiger charge is 2.21. The number of aromatic nitrogens is 1. The van der Waals surface area contributed by atoms with E-state index in [0.717, 1.165) is 71.8 Å². The number of carbonyl (C=O) groups is 3. The van der Waals surface area contributed by atoms with Crippen molar-refractivity contribution in [3.8, 4) is 11.1 Å². The number of aryl methyl sites for hydroxylation is 2. The van der Waals surface area contributed by atoms with Gasteiger partial charge in [0.15, 0.2) is 0 Å². The SMILES string of the molecule is CCCCC(N)=O.Cc1ccc(-c2c(CNC(=O)OC(C)(C)C)c(CC(C)C)nc3ccc(CCCCC(N)=O)cc23)cc1. The summed E-state index contributed by atoms with van der Waals surface area (Å²) in [6.07, 6.45) is 5.79. The standard InChI is InChI=1S/C31H41N3O3.C5H11NO/c1-20(2)17-27-25(19-33-30(36)37-31(4,5)6)29(23-14-11-21(3)12-15-23)24-18-22(13-16-26(24)34-27)9-7-8-10-28(32)35;1-2-3-4-5(6)7/h11-16,18,20H,7-10,17,19H2,1-6H3,(H2,32,35)(H,33,36);2-4H2,1H3,(H2,6,7). The zero-order valence-electron chi connectivity index (χ0n) is 27.7. The van der Waals surface area contributed by atoms with Gasteiger partial charge in [0.05, 0.1) is 5.52 Å². The zero-order valence-corrected chi connectivity index (χ0v) is 27.7. The molecule has 3 rings (SSSR count). The topological polar surface area (TPSA) is 137 Å². The van der Waals surface area contributed by atoms with E-state index in [1.165, 1.54) is 11.1 Å². The molecule has 240 valence electrons. The smallest absolute Gasteiger partial charge is 0.407 e. The molecule has 8 heteroatoms. The Hall–Kier alpha value is -3.94. The number of amides is 3. The van der Waals surface area contributed by atoms with Gasteiger partial charge >= 0.3 is 6.09 Å². The van der Waals surface area contributed by atoms with Gasteiger partial charge in [0.25, 0.3) is 0 Å². The molecule has 0 atom stereocenters. The van der Waals surface area contributed by atoms with Crippen molar-refractivity contribution in [2.75, 3.05) is 0 Å². The number of nitrogens with one attached hydrogen (secondary N) is 1. The predicted molar refractivity (Wildman–Crippen MR) is 179 cm³/mol. The molecule has 0 spiro atoms. The van der Waals surface area contributed by atoms with Crippen LogP contribution in [-0.2, 0) is 33.7 Å². The summed E-state index contributed by atoms with van der Waals surface area (Å²) in [5.41, 5.74) is 17.1. The first kappa shape index (κ1) is 36.3. The Bertz CT molecular complexity index is 1390. The number of unbranched alkanes of at least 4 members (excludes halogenated alkanes) is 2. The monoisotopic (exact) mass is 604 g/mol. The molecule has 5 N–H and O–H groups in total. The van der Waals surface area contributed by atoms with E-state index in [4.69, 9.17) is 21.2 Å². The molecule has 8 nitrogen and oxygen atoms in total. The number of pyridine rings is 1. The van der Waals surface area contributed by atoms with Crippen LogP contribution >= 0.6 is 0 Å². The number of nitrogens with two attached hydrogens (primary N) is 2. The molecule has 3 aromatic rings. The van der Waals surface area contributed by atoms with Gasteiger partial charge in [-0.2, -0.15) is 0 Å². The van der Waals surface area contributed by atoms with Crippen LogP contribution in [0.5, 0.6) is 0 Å². The molecule has 0 aliphatic heterocycles. The highest BCUT2D eigenvalue weighted by molar-refractivity contribution is 5.97. The molecule has 0 aliphatic rings. The van der Waals surface area contributed by atoms with Gasteiger partial charge in [0, 0.05) is 36.0 Å². The lowest BCUT2D eigenvalue weighted by Gasteiger charge is -2.22. The molecule has 44 heavy (non-hydrogen) atoms. The summed E-state index contributed by atoms with van der Waals surface area (Å²) in [5.74, 6) is -0.0494. The summed E-state index contributed by atoms with van der Waals surface area (Å²) < 4.78 is 5.52. The van der Waals surface area contributed by atoms with Crippen molar-refractivity contribution in [1.29, 1.82) is 0 Å². The molecular weight excluding hydrogens is 552 g/mol. The molecule has 0 saturated heterocycles. The lowest BCUT2D eigenvalue weighted by Crippen LogP contribution is -2.32. The minimum atomic E-state index is -0.574. The molecular formula is C36H52N4O4. The fourth-order valence-electron chi connectivity index (χ4n) is 4.81. The summed E-state index contributed by atoms with van der Waals surface area (Å²) in [4.78, 5) is 38.8. The summed E-state index contributed by atoms with van der Waals surface area (Å²) in [6.45, 7) is 14.4. The average Bonchev–Trinajstić information content (AvgIpc) is 2.92. The normalized spacial score (nSPS) is 11.2. The second-order valence-corrected chi connectivity index (χ2v) is 12.8. The van der Waals surface area contributed by atoms with Crippen LogP contribution in [0.4, 0.5) is 4.79 Å². The van der Waals surface area contributed by atoms with E-state index < -0.39 is 11.7 Å². The van der Waals surface area contributed by atoms with Crippen LogP contribution in [0.15, 0.2) is 42.5 Å². The molecule has 0 aliphatic carbocycles. The van der Waals surface area contributed by atoms with Crippen LogP contribution in [-0.4, -0.2) is 28.5 Å². The van der Waals surface area contributed by atoms with Gasteiger partial charge < -0.3 is 21.5 Å². The lowest BCUT2D eigenvalue weighted by molar-refractivity contribution is -0.119. The number of alkyl carbamates (subject to hydrolysis) is 1. The van der Waals surface area contributed by atoms with E-state index in [9.17, 15) is 14.4 Å².